The summed E-state index contributed by atoms with van der Waals surface area (Å²) in [6.07, 6.45) is 0. The fourth-order valence-corrected chi connectivity index (χ4v) is 2.86. The van der Waals surface area contributed by atoms with Crippen LogP contribution >= 0.6 is 0 Å². The van der Waals surface area contributed by atoms with Crippen molar-refractivity contribution < 1.29 is 5.11 Å². The maximum absolute atomic E-state index is 13.1. The van der Waals surface area contributed by atoms with Crippen molar-refractivity contribution in [2.24, 2.45) is 0 Å². The number of aryl methyl sites for hydroxylation is 2. The van der Waals surface area contributed by atoms with Gasteiger partial charge in [0.15, 0.2) is 0 Å². The van der Waals surface area contributed by atoms with Crippen molar-refractivity contribution in [1.29, 1.82) is 0 Å². The van der Waals surface area contributed by atoms with Crippen LogP contribution in [0, 0.1) is 13.8 Å². The second-order valence-corrected chi connectivity index (χ2v) is 8.79. The SMILES string of the molecule is Cc1cccc(C)c1Nc1cc(C(C)(C)C)cc(C(C)(C)C)c1[O]. The molecule has 0 atom stereocenters. The molecule has 0 fully saturated rings. The van der Waals surface area contributed by atoms with Gasteiger partial charge in [0, 0.05) is 11.3 Å². The Balaban J connectivity index is 2.65. The normalized spacial score (nSPS) is 12.3. The topological polar surface area (TPSA) is 31.9 Å². The lowest BCUT2D eigenvalue weighted by molar-refractivity contribution is 0.342. The maximum atomic E-state index is 13.1. The summed E-state index contributed by atoms with van der Waals surface area (Å²) in [6.45, 7) is 17.0. The van der Waals surface area contributed by atoms with E-state index in [1.165, 1.54) is 5.56 Å². The zero-order valence-corrected chi connectivity index (χ0v) is 16.3. The molecule has 0 aliphatic heterocycles. The summed E-state index contributed by atoms with van der Waals surface area (Å²) in [5.74, 6) is 0.0955. The minimum absolute atomic E-state index is 0.00902. The van der Waals surface area contributed by atoms with Gasteiger partial charge in [0.1, 0.15) is 0 Å². The molecule has 0 aromatic heterocycles. The highest BCUT2D eigenvalue weighted by Crippen LogP contribution is 2.42. The Morgan fingerprint density at radius 1 is 0.833 bits per heavy atom. The molecule has 129 valence electrons. The van der Waals surface area contributed by atoms with Crippen LogP contribution in [-0.4, -0.2) is 0 Å². The van der Waals surface area contributed by atoms with Crippen LogP contribution in [0.1, 0.15) is 63.8 Å². The average molecular weight is 324 g/mol. The minimum atomic E-state index is -0.185. The minimum Gasteiger partial charge on any atom is -0.352 e. The lowest BCUT2D eigenvalue weighted by atomic mass is 9.79. The van der Waals surface area contributed by atoms with Gasteiger partial charge in [-0.3, -0.25) is 5.11 Å². The van der Waals surface area contributed by atoms with E-state index in [0.29, 0.717) is 5.69 Å². The molecule has 0 bridgehead atoms. The van der Waals surface area contributed by atoms with E-state index in [2.05, 4.69) is 78.9 Å². The van der Waals surface area contributed by atoms with E-state index in [0.717, 1.165) is 22.4 Å². The Hall–Kier alpha value is -1.96. The first-order valence-corrected chi connectivity index (χ1v) is 8.60. The van der Waals surface area contributed by atoms with Crippen LogP contribution in [0.3, 0.4) is 0 Å². The van der Waals surface area contributed by atoms with E-state index < -0.39 is 0 Å². The Morgan fingerprint density at radius 3 is 1.83 bits per heavy atom. The molecule has 24 heavy (non-hydrogen) atoms. The third-order valence-corrected chi connectivity index (χ3v) is 4.50. The Bertz CT molecular complexity index is 726. The van der Waals surface area contributed by atoms with Crippen LogP contribution in [0.4, 0.5) is 11.4 Å². The molecule has 0 amide bonds. The largest absolute Gasteiger partial charge is 0.352 e. The fourth-order valence-electron chi connectivity index (χ4n) is 2.86. The summed E-state index contributed by atoms with van der Waals surface area (Å²) in [6, 6.07) is 10.3. The lowest BCUT2D eigenvalue weighted by Crippen LogP contribution is -2.17. The van der Waals surface area contributed by atoms with E-state index in [-0.39, 0.29) is 16.6 Å². The molecule has 0 unspecified atom stereocenters. The smallest absolute Gasteiger partial charge is 0.205 e. The molecule has 2 heteroatoms. The molecule has 0 heterocycles. The van der Waals surface area contributed by atoms with E-state index in [1.807, 2.05) is 12.1 Å². The van der Waals surface area contributed by atoms with Gasteiger partial charge in [0.25, 0.3) is 0 Å². The molecule has 0 aliphatic carbocycles. The van der Waals surface area contributed by atoms with Gasteiger partial charge >= 0.3 is 0 Å². The Kier molecular flexibility index (Phi) is 4.72. The molecular formula is C22H30NO. The van der Waals surface area contributed by atoms with Gasteiger partial charge in [-0.25, -0.2) is 0 Å². The summed E-state index contributed by atoms with van der Waals surface area (Å²) < 4.78 is 0. The number of anilines is 2. The van der Waals surface area contributed by atoms with Crippen LogP contribution in [0.25, 0.3) is 0 Å². The Morgan fingerprint density at radius 2 is 1.38 bits per heavy atom. The third-order valence-electron chi connectivity index (χ3n) is 4.50. The van der Waals surface area contributed by atoms with Gasteiger partial charge in [-0.1, -0.05) is 65.8 Å². The fraction of sp³-hybridized carbons (Fsp3) is 0.455. The van der Waals surface area contributed by atoms with Crippen LogP contribution in [0.2, 0.25) is 0 Å². The number of rotatable bonds is 2. The average Bonchev–Trinajstić information content (AvgIpc) is 2.42. The van der Waals surface area contributed by atoms with Gasteiger partial charge in [-0.05, 0) is 47.4 Å². The molecule has 2 aromatic rings. The molecule has 1 N–H and O–H groups in total. The molecule has 2 rings (SSSR count). The van der Waals surface area contributed by atoms with Crippen molar-refractivity contribution in [2.45, 2.75) is 66.2 Å². The summed E-state index contributed by atoms with van der Waals surface area (Å²) in [5, 5.41) is 16.5. The molecule has 1 radical (unpaired) electrons. The highest BCUT2D eigenvalue weighted by atomic mass is 16.3. The summed E-state index contributed by atoms with van der Waals surface area (Å²) >= 11 is 0. The predicted molar refractivity (Wildman–Crippen MR) is 103 cm³/mol. The molecule has 0 aliphatic rings. The molecular weight excluding hydrogens is 294 g/mol. The van der Waals surface area contributed by atoms with E-state index in [4.69, 9.17) is 0 Å². The van der Waals surface area contributed by atoms with Gasteiger partial charge < -0.3 is 5.32 Å². The van der Waals surface area contributed by atoms with Crippen molar-refractivity contribution in [3.63, 3.8) is 0 Å². The zero-order valence-electron chi connectivity index (χ0n) is 16.3. The molecule has 0 saturated carbocycles. The highest BCUT2D eigenvalue weighted by Gasteiger charge is 2.26. The van der Waals surface area contributed by atoms with Crippen LogP contribution in [-0.2, 0) is 15.9 Å². The summed E-state index contributed by atoms with van der Waals surface area (Å²) in [7, 11) is 0. The molecule has 0 spiro atoms. The lowest BCUT2D eigenvalue weighted by Gasteiger charge is -2.27. The number of hydrogen-bond acceptors (Lipinski definition) is 1. The van der Waals surface area contributed by atoms with Gasteiger partial charge in [0.05, 0.1) is 5.69 Å². The van der Waals surface area contributed by atoms with Crippen LogP contribution in [0.15, 0.2) is 30.3 Å². The van der Waals surface area contributed by atoms with E-state index >= 15 is 0 Å². The monoisotopic (exact) mass is 324 g/mol. The number of benzene rings is 2. The van der Waals surface area contributed by atoms with Gasteiger partial charge in [0.2, 0.25) is 5.75 Å². The van der Waals surface area contributed by atoms with E-state index in [9.17, 15) is 5.11 Å². The predicted octanol–water partition coefficient (Wildman–Crippen LogP) is 6.79. The number of nitrogens with one attached hydrogen (secondary N) is 1. The quantitative estimate of drug-likeness (QED) is 0.648. The van der Waals surface area contributed by atoms with Crippen molar-refractivity contribution in [2.75, 3.05) is 5.32 Å². The molecule has 2 aromatic carbocycles. The van der Waals surface area contributed by atoms with Gasteiger partial charge in [-0.2, -0.15) is 0 Å². The second kappa shape index (κ2) is 6.16. The van der Waals surface area contributed by atoms with Crippen LogP contribution < -0.4 is 5.32 Å². The molecule has 0 saturated heterocycles. The highest BCUT2D eigenvalue weighted by molar-refractivity contribution is 5.73. The first kappa shape index (κ1) is 18.4. The van der Waals surface area contributed by atoms with E-state index in [1.54, 1.807) is 0 Å². The van der Waals surface area contributed by atoms with Crippen molar-refractivity contribution in [3.05, 3.63) is 52.6 Å². The van der Waals surface area contributed by atoms with Crippen molar-refractivity contribution in [3.8, 4) is 5.75 Å². The van der Waals surface area contributed by atoms with Crippen molar-refractivity contribution in [1.82, 2.24) is 0 Å². The number of para-hydroxylation sites is 1. The molecule has 2 nitrogen and oxygen atoms in total. The summed E-state index contributed by atoms with van der Waals surface area (Å²) in [5.41, 5.74) is 5.84. The van der Waals surface area contributed by atoms with Crippen LogP contribution in [0.5, 0.6) is 5.75 Å². The maximum Gasteiger partial charge on any atom is 0.205 e. The standard InChI is InChI=1S/C22H30NO/c1-14-10-9-11-15(2)19(14)23-18-13-16(21(3,4)5)12-17(20(18)24)22(6,7)8/h9-13,23H,1-8H3. The Labute approximate surface area is 146 Å². The van der Waals surface area contributed by atoms with Crippen molar-refractivity contribution >= 4 is 11.4 Å². The summed E-state index contributed by atoms with van der Waals surface area (Å²) in [4.78, 5) is 0. The van der Waals surface area contributed by atoms with Gasteiger partial charge in [-0.15, -0.1) is 0 Å². The second-order valence-electron chi connectivity index (χ2n) is 8.79. The zero-order chi connectivity index (χ0) is 18.3. The number of hydrogen-bond donors (Lipinski definition) is 1. The first-order valence-electron chi connectivity index (χ1n) is 8.60. The third kappa shape index (κ3) is 3.75. The first-order chi connectivity index (χ1) is 10.9.